The number of hydrogen-bond donors (Lipinski definition) is 1. The second-order valence-electron chi connectivity index (χ2n) is 3.05. The molecule has 0 aliphatic carbocycles. The van der Waals surface area contributed by atoms with E-state index in [9.17, 15) is 9.59 Å². The molecule has 0 spiro atoms. The number of carboxylic acid groups (broad SMARTS) is 1. The Morgan fingerprint density at radius 1 is 1.47 bits per heavy atom. The largest absolute Gasteiger partial charge is 0.478 e. The lowest BCUT2D eigenvalue weighted by Gasteiger charge is -2.00. The van der Waals surface area contributed by atoms with Crippen LogP contribution in [0.5, 0.6) is 0 Å². The summed E-state index contributed by atoms with van der Waals surface area (Å²) in [5.74, 6) is -1.18. The van der Waals surface area contributed by atoms with Gasteiger partial charge in [-0.3, -0.25) is 9.78 Å². The third kappa shape index (κ3) is 1.50. The zero-order valence-corrected chi connectivity index (χ0v) is 8.67. The van der Waals surface area contributed by atoms with Crippen LogP contribution >= 0.6 is 11.3 Å². The number of fused-ring (bicyclic) bond motifs is 1. The van der Waals surface area contributed by atoms with E-state index in [1.807, 2.05) is 0 Å². The van der Waals surface area contributed by atoms with E-state index in [4.69, 9.17) is 5.11 Å². The van der Waals surface area contributed by atoms with Crippen LogP contribution in [0.3, 0.4) is 0 Å². The van der Waals surface area contributed by atoms with Gasteiger partial charge in [-0.25, -0.2) is 4.79 Å². The summed E-state index contributed by atoms with van der Waals surface area (Å²) in [4.78, 5) is 26.0. The van der Waals surface area contributed by atoms with E-state index >= 15 is 0 Å². The molecule has 0 amide bonds. The zero-order valence-electron chi connectivity index (χ0n) is 7.85. The average Bonchev–Trinajstić information content (AvgIpc) is 2.63. The van der Waals surface area contributed by atoms with Gasteiger partial charge in [-0.15, -0.1) is 11.3 Å². The maximum absolute atomic E-state index is 11.2. The maximum atomic E-state index is 11.2. The van der Waals surface area contributed by atoms with Gasteiger partial charge in [-0.05, 0) is 11.4 Å². The number of carbonyl (C=O) groups is 2. The fourth-order valence-corrected chi connectivity index (χ4v) is 2.29. The molecule has 0 aromatic carbocycles. The Kier molecular flexibility index (Phi) is 2.24. The lowest BCUT2D eigenvalue weighted by Crippen LogP contribution is -2.02. The topological polar surface area (TPSA) is 67.3 Å². The molecule has 0 saturated heterocycles. The van der Waals surface area contributed by atoms with Crippen molar-refractivity contribution in [1.29, 1.82) is 0 Å². The van der Waals surface area contributed by atoms with Crippen LogP contribution in [-0.2, 0) is 0 Å². The summed E-state index contributed by atoms with van der Waals surface area (Å²) in [7, 11) is 0. The molecule has 0 aliphatic heterocycles. The van der Waals surface area contributed by atoms with E-state index in [0.29, 0.717) is 15.8 Å². The molecule has 2 rings (SSSR count). The highest BCUT2D eigenvalue weighted by Gasteiger charge is 2.15. The van der Waals surface area contributed by atoms with Gasteiger partial charge in [-0.1, -0.05) is 0 Å². The summed E-state index contributed by atoms with van der Waals surface area (Å²) in [6.45, 7) is 1.42. The van der Waals surface area contributed by atoms with Crippen molar-refractivity contribution in [2.24, 2.45) is 0 Å². The van der Waals surface area contributed by atoms with Crippen molar-refractivity contribution in [3.8, 4) is 0 Å². The smallest absolute Gasteiger partial charge is 0.338 e. The van der Waals surface area contributed by atoms with E-state index in [1.165, 1.54) is 24.5 Å². The number of carboxylic acids is 1. The van der Waals surface area contributed by atoms with E-state index in [-0.39, 0.29) is 11.3 Å². The highest BCUT2D eigenvalue weighted by molar-refractivity contribution is 7.17. The van der Waals surface area contributed by atoms with Crippen molar-refractivity contribution in [3.63, 3.8) is 0 Å². The lowest BCUT2D eigenvalue weighted by molar-refractivity contribution is 0.0698. The summed E-state index contributed by atoms with van der Waals surface area (Å²) in [6.07, 6.45) is 1.23. The number of ketones is 1. The Balaban J connectivity index is 2.82. The Morgan fingerprint density at radius 2 is 2.20 bits per heavy atom. The third-order valence-electron chi connectivity index (χ3n) is 2.05. The fraction of sp³-hybridized carbons (Fsp3) is 0.100. The second kappa shape index (κ2) is 3.43. The molecule has 0 saturated carbocycles. The van der Waals surface area contributed by atoms with Gasteiger partial charge in [0.1, 0.15) is 5.69 Å². The molecule has 0 bridgehead atoms. The zero-order chi connectivity index (χ0) is 11.0. The molecule has 1 N–H and O–H groups in total. The van der Waals surface area contributed by atoms with Gasteiger partial charge < -0.3 is 5.11 Å². The molecule has 2 heterocycles. The Labute approximate surface area is 89.2 Å². The molecule has 0 fully saturated rings. The Hall–Kier alpha value is -1.75. The molecule has 0 unspecified atom stereocenters. The molecule has 15 heavy (non-hydrogen) atoms. The number of rotatable bonds is 2. The second-order valence-corrected chi connectivity index (χ2v) is 3.96. The van der Waals surface area contributed by atoms with Crippen molar-refractivity contribution < 1.29 is 14.7 Å². The molecule has 4 nitrogen and oxygen atoms in total. The first-order chi connectivity index (χ1) is 7.11. The van der Waals surface area contributed by atoms with Gasteiger partial charge >= 0.3 is 5.97 Å². The molecule has 76 valence electrons. The Bertz CT molecular complexity index is 511. The van der Waals surface area contributed by atoms with Gasteiger partial charge in [0.05, 0.1) is 10.3 Å². The van der Waals surface area contributed by atoms with Crippen LogP contribution in [0.4, 0.5) is 0 Å². The number of Topliss-reactive ketones (excluding diaryl/α,β-unsaturated/α-hetero) is 1. The predicted molar refractivity (Wildman–Crippen MR) is 56.6 cm³/mol. The summed E-state index contributed by atoms with van der Waals surface area (Å²) < 4.78 is 0.600. The number of pyridine rings is 1. The average molecular weight is 221 g/mol. The quantitative estimate of drug-likeness (QED) is 0.789. The number of hydrogen-bond acceptors (Lipinski definition) is 4. The summed E-state index contributed by atoms with van der Waals surface area (Å²) in [5, 5.41) is 11.3. The number of thiophene rings is 1. The van der Waals surface area contributed by atoms with Crippen molar-refractivity contribution >= 4 is 33.2 Å². The molecule has 2 aromatic heterocycles. The number of nitrogens with zero attached hydrogens (tertiary/aromatic N) is 1. The van der Waals surface area contributed by atoms with E-state index < -0.39 is 5.97 Å². The standard InChI is InChI=1S/C10H7NO3S/c1-5(12)8-6-2-3-15-9(6)7(4-11-8)10(13)14/h2-4H,1H3,(H,13,14). The van der Waals surface area contributed by atoms with Crippen molar-refractivity contribution in [2.45, 2.75) is 6.92 Å². The number of carbonyl (C=O) groups excluding carboxylic acids is 1. The van der Waals surface area contributed by atoms with Crippen LogP contribution in [-0.4, -0.2) is 21.8 Å². The van der Waals surface area contributed by atoms with Crippen LogP contribution < -0.4 is 0 Å². The SMILES string of the molecule is CC(=O)c1ncc(C(=O)O)c2sccc12. The van der Waals surface area contributed by atoms with E-state index in [1.54, 1.807) is 11.4 Å². The van der Waals surface area contributed by atoms with Crippen LogP contribution in [0.1, 0.15) is 27.8 Å². The third-order valence-corrected chi connectivity index (χ3v) is 3.00. The molecule has 0 aliphatic rings. The van der Waals surface area contributed by atoms with Crippen LogP contribution in [0.25, 0.3) is 10.1 Å². The lowest BCUT2D eigenvalue weighted by atomic mass is 10.1. The first-order valence-corrected chi connectivity index (χ1v) is 5.09. The van der Waals surface area contributed by atoms with Gasteiger partial charge in [0.15, 0.2) is 5.78 Å². The monoisotopic (exact) mass is 221 g/mol. The minimum atomic E-state index is -1.02. The van der Waals surface area contributed by atoms with E-state index in [2.05, 4.69) is 4.98 Å². The summed E-state index contributed by atoms with van der Waals surface area (Å²) in [5.41, 5.74) is 0.473. The first kappa shape index (κ1) is 9.79. The van der Waals surface area contributed by atoms with Gasteiger partial charge in [0.25, 0.3) is 0 Å². The Morgan fingerprint density at radius 3 is 2.80 bits per heavy atom. The maximum Gasteiger partial charge on any atom is 0.338 e. The van der Waals surface area contributed by atoms with Gasteiger partial charge in [-0.2, -0.15) is 0 Å². The van der Waals surface area contributed by atoms with Gasteiger partial charge in [0, 0.05) is 18.5 Å². The van der Waals surface area contributed by atoms with Crippen LogP contribution in [0, 0.1) is 0 Å². The highest BCUT2D eigenvalue weighted by atomic mass is 32.1. The normalized spacial score (nSPS) is 10.5. The highest BCUT2D eigenvalue weighted by Crippen LogP contribution is 2.26. The van der Waals surface area contributed by atoms with Crippen molar-refractivity contribution in [2.75, 3.05) is 0 Å². The van der Waals surface area contributed by atoms with Crippen LogP contribution in [0.15, 0.2) is 17.6 Å². The van der Waals surface area contributed by atoms with Crippen molar-refractivity contribution in [3.05, 3.63) is 28.9 Å². The molecule has 2 aromatic rings. The van der Waals surface area contributed by atoms with E-state index in [0.717, 1.165) is 0 Å². The minimum absolute atomic E-state index is 0.144. The fourth-order valence-electron chi connectivity index (χ4n) is 1.39. The summed E-state index contributed by atoms with van der Waals surface area (Å²) in [6, 6.07) is 1.72. The molecule has 5 heteroatoms. The molecule has 0 atom stereocenters. The summed E-state index contributed by atoms with van der Waals surface area (Å²) >= 11 is 1.30. The van der Waals surface area contributed by atoms with Crippen LogP contribution in [0.2, 0.25) is 0 Å². The van der Waals surface area contributed by atoms with Crippen molar-refractivity contribution in [1.82, 2.24) is 4.98 Å². The molecular weight excluding hydrogens is 214 g/mol. The predicted octanol–water partition coefficient (Wildman–Crippen LogP) is 2.20. The minimum Gasteiger partial charge on any atom is -0.478 e. The molecule has 0 radical (unpaired) electrons. The van der Waals surface area contributed by atoms with Gasteiger partial charge in [0.2, 0.25) is 0 Å². The first-order valence-electron chi connectivity index (χ1n) is 4.21. The number of aromatic nitrogens is 1. The number of aromatic carboxylic acids is 1. The molecular formula is C10H7NO3S.